The van der Waals surface area contributed by atoms with Crippen LogP contribution >= 0.6 is 0 Å². The first-order valence-electron chi connectivity index (χ1n) is 7.91. The molecule has 2 aromatic carbocycles. The third kappa shape index (κ3) is 5.75. The predicted octanol–water partition coefficient (Wildman–Crippen LogP) is 1.84. The van der Waals surface area contributed by atoms with Gasteiger partial charge >= 0.3 is 0 Å². The Morgan fingerprint density at radius 3 is 2.57 bits per heavy atom. The molecule has 0 saturated heterocycles. The molecule has 2 aromatic rings. The van der Waals surface area contributed by atoms with Crippen LogP contribution in [0.5, 0.6) is 5.75 Å². The maximum absolute atomic E-state index is 12.1. The Kier molecular flexibility index (Phi) is 6.18. The lowest BCUT2D eigenvalue weighted by molar-refractivity contribution is -0.871. The fraction of sp³-hybridized carbons (Fsp3) is 0.316. The van der Waals surface area contributed by atoms with Crippen molar-refractivity contribution in [2.45, 2.75) is 13.8 Å². The van der Waals surface area contributed by atoms with Gasteiger partial charge in [-0.25, -0.2) is 0 Å². The van der Waals surface area contributed by atoms with Crippen LogP contribution in [0.15, 0.2) is 48.5 Å². The van der Waals surface area contributed by atoms with Gasteiger partial charge in [-0.1, -0.05) is 35.9 Å². The summed E-state index contributed by atoms with van der Waals surface area (Å²) in [5.41, 5.74) is 3.17. The number of amides is 1. The predicted molar refractivity (Wildman–Crippen MR) is 93.1 cm³/mol. The van der Waals surface area contributed by atoms with Crippen molar-refractivity contribution in [1.29, 1.82) is 0 Å². The van der Waals surface area contributed by atoms with Crippen molar-refractivity contribution in [1.82, 2.24) is 0 Å². The first-order chi connectivity index (χ1) is 11.0. The van der Waals surface area contributed by atoms with Gasteiger partial charge in [-0.2, -0.15) is 0 Å². The molecular weight excluding hydrogens is 288 g/mol. The van der Waals surface area contributed by atoms with Gasteiger partial charge in [0.25, 0.3) is 5.91 Å². The molecule has 1 atom stereocenters. The smallest absolute Gasteiger partial charge is 0.279 e. The van der Waals surface area contributed by atoms with E-state index in [4.69, 9.17) is 4.74 Å². The molecule has 4 nitrogen and oxygen atoms in total. The molecule has 4 heteroatoms. The molecule has 0 fully saturated rings. The zero-order valence-corrected chi connectivity index (χ0v) is 14.1. The van der Waals surface area contributed by atoms with Gasteiger partial charge in [0.1, 0.15) is 18.9 Å². The molecule has 23 heavy (non-hydrogen) atoms. The molecule has 0 aliphatic heterocycles. The molecule has 122 valence electrons. The molecule has 0 heterocycles. The minimum absolute atomic E-state index is 0.0224. The second kappa shape index (κ2) is 8.34. The van der Waals surface area contributed by atoms with Gasteiger partial charge in [-0.05, 0) is 37.6 Å². The number of nitrogens with one attached hydrogen (secondary N) is 2. The minimum atomic E-state index is 0.0224. The number of carbonyl (C=O) groups is 1. The highest BCUT2D eigenvalue weighted by molar-refractivity contribution is 5.92. The minimum Gasteiger partial charge on any atom is -0.488 e. The summed E-state index contributed by atoms with van der Waals surface area (Å²) in [4.78, 5) is 13.2. The first kappa shape index (κ1) is 17.0. The fourth-order valence-electron chi connectivity index (χ4n) is 2.37. The topological polar surface area (TPSA) is 42.8 Å². The lowest BCUT2D eigenvalue weighted by Crippen LogP contribution is -3.10. The zero-order chi connectivity index (χ0) is 16.7. The van der Waals surface area contributed by atoms with Crippen molar-refractivity contribution in [3.8, 4) is 5.75 Å². The average Bonchev–Trinajstić information content (AvgIpc) is 2.51. The Balaban J connectivity index is 1.74. The van der Waals surface area contributed by atoms with Gasteiger partial charge in [0, 0.05) is 5.69 Å². The summed E-state index contributed by atoms with van der Waals surface area (Å²) in [6.07, 6.45) is 0. The number of ether oxygens (including phenoxy) is 1. The van der Waals surface area contributed by atoms with E-state index in [0.717, 1.165) is 28.4 Å². The van der Waals surface area contributed by atoms with E-state index in [0.29, 0.717) is 13.2 Å². The van der Waals surface area contributed by atoms with E-state index >= 15 is 0 Å². The van der Waals surface area contributed by atoms with Gasteiger partial charge in [0.05, 0.1) is 7.05 Å². The number of carbonyl (C=O) groups excluding carboxylic acids is 1. The van der Waals surface area contributed by atoms with Gasteiger partial charge in [0.2, 0.25) is 0 Å². The SMILES string of the molecule is Cc1ccc(NC(=O)C[NH+](C)CCOc2ccccc2)c(C)c1. The van der Waals surface area contributed by atoms with E-state index in [1.165, 1.54) is 5.56 Å². The quantitative estimate of drug-likeness (QED) is 0.819. The van der Waals surface area contributed by atoms with Crippen LogP contribution in [0.3, 0.4) is 0 Å². The summed E-state index contributed by atoms with van der Waals surface area (Å²) in [7, 11) is 2.00. The standard InChI is InChI=1S/C19H24N2O2/c1-15-9-10-18(16(2)13-15)20-19(22)14-21(3)11-12-23-17-7-5-4-6-8-17/h4-10,13H,11-12,14H2,1-3H3,(H,20,22)/p+1. The summed E-state index contributed by atoms with van der Waals surface area (Å²) in [6, 6.07) is 15.8. The van der Waals surface area contributed by atoms with E-state index in [-0.39, 0.29) is 5.91 Å². The molecule has 1 unspecified atom stereocenters. The summed E-state index contributed by atoms with van der Waals surface area (Å²) >= 11 is 0. The molecule has 2 rings (SSSR count). The lowest BCUT2D eigenvalue weighted by atomic mass is 10.1. The van der Waals surface area contributed by atoms with Crippen LogP contribution in [0.2, 0.25) is 0 Å². The number of hydrogen-bond acceptors (Lipinski definition) is 2. The van der Waals surface area contributed by atoms with Crippen LogP contribution in [0, 0.1) is 13.8 Å². The number of hydrogen-bond donors (Lipinski definition) is 2. The Morgan fingerprint density at radius 2 is 1.87 bits per heavy atom. The first-order valence-corrected chi connectivity index (χ1v) is 7.91. The third-order valence-corrected chi connectivity index (χ3v) is 3.66. The normalized spacial score (nSPS) is 11.8. The van der Waals surface area contributed by atoms with Crippen molar-refractivity contribution in [2.75, 3.05) is 32.1 Å². The molecule has 0 aromatic heterocycles. The van der Waals surface area contributed by atoms with Crippen LogP contribution in [0.1, 0.15) is 11.1 Å². The van der Waals surface area contributed by atoms with Crippen molar-refractivity contribution >= 4 is 11.6 Å². The highest BCUT2D eigenvalue weighted by Gasteiger charge is 2.11. The van der Waals surface area contributed by atoms with E-state index in [2.05, 4.69) is 11.4 Å². The number of likely N-dealkylation sites (N-methyl/N-ethyl adjacent to an activating group) is 1. The highest BCUT2D eigenvalue weighted by Crippen LogP contribution is 2.15. The van der Waals surface area contributed by atoms with Crippen LogP contribution < -0.4 is 15.0 Å². The Labute approximate surface area is 138 Å². The van der Waals surface area contributed by atoms with Crippen LogP contribution in [-0.4, -0.2) is 32.7 Å². The Hall–Kier alpha value is -2.33. The van der Waals surface area contributed by atoms with Crippen molar-refractivity contribution in [3.63, 3.8) is 0 Å². The number of benzene rings is 2. The van der Waals surface area contributed by atoms with Gasteiger partial charge in [-0.15, -0.1) is 0 Å². The molecule has 0 spiro atoms. The molecule has 0 aliphatic carbocycles. The molecule has 0 aliphatic rings. The van der Waals surface area contributed by atoms with Crippen molar-refractivity contribution < 1.29 is 14.4 Å². The van der Waals surface area contributed by atoms with Gasteiger partial charge in [0.15, 0.2) is 6.54 Å². The maximum Gasteiger partial charge on any atom is 0.279 e. The van der Waals surface area contributed by atoms with Gasteiger partial charge < -0.3 is 15.0 Å². The fourth-order valence-corrected chi connectivity index (χ4v) is 2.37. The van der Waals surface area contributed by atoms with Crippen LogP contribution in [0.4, 0.5) is 5.69 Å². The summed E-state index contributed by atoms with van der Waals surface area (Å²) < 4.78 is 5.66. The average molecular weight is 313 g/mol. The molecule has 0 saturated carbocycles. The number of anilines is 1. The molecule has 0 bridgehead atoms. The maximum atomic E-state index is 12.1. The monoisotopic (exact) mass is 313 g/mol. The van der Waals surface area contributed by atoms with Gasteiger partial charge in [-0.3, -0.25) is 4.79 Å². The summed E-state index contributed by atoms with van der Waals surface area (Å²) in [5, 5.41) is 2.98. The second-order valence-electron chi connectivity index (χ2n) is 5.91. The molecular formula is C19H25N2O2+. The summed E-state index contributed by atoms with van der Waals surface area (Å²) in [6.45, 7) is 5.84. The van der Waals surface area contributed by atoms with Crippen molar-refractivity contribution in [2.24, 2.45) is 0 Å². The molecule has 0 radical (unpaired) electrons. The van der Waals surface area contributed by atoms with E-state index in [9.17, 15) is 4.79 Å². The van der Waals surface area contributed by atoms with E-state index in [1.807, 2.05) is 63.4 Å². The summed E-state index contributed by atoms with van der Waals surface area (Å²) in [5.74, 6) is 0.884. The number of rotatable bonds is 7. The van der Waals surface area contributed by atoms with Crippen LogP contribution in [0.25, 0.3) is 0 Å². The Morgan fingerprint density at radius 1 is 1.13 bits per heavy atom. The molecule has 2 N–H and O–H groups in total. The number of para-hydroxylation sites is 1. The number of quaternary nitrogens is 1. The second-order valence-corrected chi connectivity index (χ2v) is 5.91. The van der Waals surface area contributed by atoms with Crippen molar-refractivity contribution in [3.05, 3.63) is 59.7 Å². The number of aryl methyl sites for hydroxylation is 2. The third-order valence-electron chi connectivity index (χ3n) is 3.66. The Bertz CT molecular complexity index is 641. The van der Waals surface area contributed by atoms with E-state index < -0.39 is 0 Å². The largest absolute Gasteiger partial charge is 0.488 e. The highest BCUT2D eigenvalue weighted by atomic mass is 16.5. The zero-order valence-electron chi connectivity index (χ0n) is 14.1. The molecule has 1 amide bonds. The van der Waals surface area contributed by atoms with Crippen LogP contribution in [-0.2, 0) is 4.79 Å². The lowest BCUT2D eigenvalue weighted by Gasteiger charge is -2.15. The van der Waals surface area contributed by atoms with E-state index in [1.54, 1.807) is 0 Å².